The van der Waals surface area contributed by atoms with Crippen LogP contribution in [0.1, 0.15) is 23.3 Å². The molecule has 8 heteroatoms. The van der Waals surface area contributed by atoms with Gasteiger partial charge in [0.15, 0.2) is 0 Å². The number of nitrogens with zero attached hydrogens (tertiary/aromatic N) is 1. The maximum Gasteiger partial charge on any atom is 0.326 e. The monoisotopic (exact) mass is 266 g/mol. The Labute approximate surface area is 108 Å². The Morgan fingerprint density at radius 2 is 2.05 bits per heavy atom. The fourth-order valence-electron chi connectivity index (χ4n) is 1.32. The highest BCUT2D eigenvalue weighted by molar-refractivity contribution is 5.95. The molecule has 0 saturated carbocycles. The number of hydrogen-bond donors (Lipinski definition) is 4. The SMILES string of the molecule is NC(=O)CC[C@@H](NC(=O)c1ccc(N)cn1)C(=O)O. The van der Waals surface area contributed by atoms with Crippen molar-refractivity contribution in [2.24, 2.45) is 5.73 Å². The number of carbonyl (C=O) groups excluding carboxylic acids is 2. The van der Waals surface area contributed by atoms with Gasteiger partial charge in [-0.05, 0) is 18.6 Å². The number of amides is 2. The van der Waals surface area contributed by atoms with Crippen LogP contribution < -0.4 is 16.8 Å². The molecule has 1 heterocycles. The third-order valence-electron chi connectivity index (χ3n) is 2.30. The van der Waals surface area contributed by atoms with E-state index >= 15 is 0 Å². The number of nitrogens with two attached hydrogens (primary N) is 2. The van der Waals surface area contributed by atoms with Crippen LogP contribution in [0.25, 0.3) is 0 Å². The van der Waals surface area contributed by atoms with Gasteiger partial charge in [0.25, 0.3) is 5.91 Å². The average molecular weight is 266 g/mol. The van der Waals surface area contributed by atoms with E-state index in [0.717, 1.165) is 0 Å². The number of primary amides is 1. The molecule has 1 aromatic heterocycles. The molecule has 0 radical (unpaired) electrons. The zero-order valence-electron chi connectivity index (χ0n) is 10.00. The Bertz CT molecular complexity index is 486. The highest BCUT2D eigenvalue weighted by Crippen LogP contribution is 2.03. The maximum atomic E-state index is 11.7. The van der Waals surface area contributed by atoms with Crippen LogP contribution in [0, 0.1) is 0 Å². The van der Waals surface area contributed by atoms with Crippen molar-refractivity contribution in [2.75, 3.05) is 5.73 Å². The molecule has 0 spiro atoms. The van der Waals surface area contributed by atoms with Crippen LogP contribution in [-0.4, -0.2) is 33.9 Å². The van der Waals surface area contributed by atoms with Crippen LogP contribution in [0.4, 0.5) is 5.69 Å². The van der Waals surface area contributed by atoms with E-state index in [1.54, 1.807) is 0 Å². The van der Waals surface area contributed by atoms with Crippen molar-refractivity contribution in [1.29, 1.82) is 0 Å². The summed E-state index contributed by atoms with van der Waals surface area (Å²) in [5.74, 6) is -2.53. The fraction of sp³-hybridized carbons (Fsp3) is 0.273. The van der Waals surface area contributed by atoms with E-state index in [0.29, 0.717) is 5.69 Å². The first kappa shape index (κ1) is 14.4. The molecule has 6 N–H and O–H groups in total. The number of carbonyl (C=O) groups is 3. The molecule has 0 bridgehead atoms. The fourth-order valence-corrected chi connectivity index (χ4v) is 1.32. The first-order chi connectivity index (χ1) is 8.90. The molecule has 0 aliphatic heterocycles. The molecule has 0 aromatic carbocycles. The number of rotatable bonds is 6. The quantitative estimate of drug-likeness (QED) is 0.525. The van der Waals surface area contributed by atoms with E-state index in [2.05, 4.69) is 10.3 Å². The van der Waals surface area contributed by atoms with E-state index in [1.807, 2.05) is 0 Å². The van der Waals surface area contributed by atoms with Crippen LogP contribution in [0.3, 0.4) is 0 Å². The standard InChI is InChI=1S/C11H14N4O4/c12-6-1-2-7(14-5-6)10(17)15-8(11(18)19)3-4-9(13)16/h1-2,5,8H,3-4,12H2,(H2,13,16)(H,15,17)(H,18,19)/t8-/m1/s1. The molecule has 1 rings (SSSR count). The van der Waals surface area contributed by atoms with E-state index in [9.17, 15) is 14.4 Å². The molecule has 8 nitrogen and oxygen atoms in total. The highest BCUT2D eigenvalue weighted by Gasteiger charge is 2.21. The summed E-state index contributed by atoms with van der Waals surface area (Å²) < 4.78 is 0. The van der Waals surface area contributed by atoms with Crippen molar-refractivity contribution in [1.82, 2.24) is 10.3 Å². The molecule has 1 aromatic rings. The number of carboxylic acid groups (broad SMARTS) is 1. The number of anilines is 1. The van der Waals surface area contributed by atoms with Crippen molar-refractivity contribution in [3.63, 3.8) is 0 Å². The summed E-state index contributed by atoms with van der Waals surface area (Å²) >= 11 is 0. The molecule has 1 atom stereocenters. The van der Waals surface area contributed by atoms with Crippen LogP contribution in [0.5, 0.6) is 0 Å². The molecule has 102 valence electrons. The lowest BCUT2D eigenvalue weighted by Gasteiger charge is -2.13. The van der Waals surface area contributed by atoms with Crippen molar-refractivity contribution >= 4 is 23.5 Å². The van der Waals surface area contributed by atoms with Gasteiger partial charge in [-0.15, -0.1) is 0 Å². The zero-order chi connectivity index (χ0) is 14.4. The van der Waals surface area contributed by atoms with Gasteiger partial charge in [-0.3, -0.25) is 9.59 Å². The Morgan fingerprint density at radius 3 is 2.53 bits per heavy atom. The normalized spacial score (nSPS) is 11.6. The second kappa shape index (κ2) is 6.34. The first-order valence-electron chi connectivity index (χ1n) is 5.43. The lowest BCUT2D eigenvalue weighted by atomic mass is 10.1. The molecular formula is C11H14N4O4. The van der Waals surface area contributed by atoms with Gasteiger partial charge in [0, 0.05) is 6.42 Å². The van der Waals surface area contributed by atoms with E-state index in [-0.39, 0.29) is 18.5 Å². The zero-order valence-corrected chi connectivity index (χ0v) is 10.00. The van der Waals surface area contributed by atoms with Gasteiger partial charge < -0.3 is 21.9 Å². The molecule has 0 saturated heterocycles. The minimum Gasteiger partial charge on any atom is -0.480 e. The number of hydrogen-bond acceptors (Lipinski definition) is 5. The molecule has 0 fully saturated rings. The molecule has 0 unspecified atom stereocenters. The number of pyridine rings is 1. The van der Waals surface area contributed by atoms with Gasteiger partial charge >= 0.3 is 5.97 Å². The lowest BCUT2D eigenvalue weighted by Crippen LogP contribution is -2.41. The number of nitrogens with one attached hydrogen (secondary N) is 1. The van der Waals surface area contributed by atoms with Crippen LogP contribution in [0.2, 0.25) is 0 Å². The second-order valence-electron chi connectivity index (χ2n) is 3.85. The number of nitrogen functional groups attached to an aromatic ring is 1. The predicted octanol–water partition coefficient (Wildman–Crippen LogP) is -0.888. The van der Waals surface area contributed by atoms with Crippen molar-refractivity contribution in [3.8, 4) is 0 Å². The Morgan fingerprint density at radius 1 is 1.37 bits per heavy atom. The van der Waals surface area contributed by atoms with Crippen LogP contribution >= 0.6 is 0 Å². The number of aliphatic carboxylic acids is 1. The van der Waals surface area contributed by atoms with Crippen LogP contribution in [0.15, 0.2) is 18.3 Å². The molecule has 0 aliphatic rings. The Hall–Kier alpha value is -2.64. The summed E-state index contributed by atoms with van der Waals surface area (Å²) in [5, 5.41) is 11.2. The maximum absolute atomic E-state index is 11.7. The van der Waals surface area contributed by atoms with E-state index in [4.69, 9.17) is 16.6 Å². The van der Waals surface area contributed by atoms with Crippen molar-refractivity contribution < 1.29 is 19.5 Å². The van der Waals surface area contributed by atoms with Gasteiger partial charge in [-0.1, -0.05) is 0 Å². The van der Waals surface area contributed by atoms with Crippen LogP contribution in [-0.2, 0) is 9.59 Å². The highest BCUT2D eigenvalue weighted by atomic mass is 16.4. The third kappa shape index (κ3) is 4.62. The molecule has 19 heavy (non-hydrogen) atoms. The minimum atomic E-state index is -1.25. The lowest BCUT2D eigenvalue weighted by molar-refractivity contribution is -0.139. The van der Waals surface area contributed by atoms with E-state index in [1.165, 1.54) is 18.3 Å². The smallest absolute Gasteiger partial charge is 0.326 e. The topological polar surface area (TPSA) is 148 Å². The van der Waals surface area contributed by atoms with Gasteiger partial charge in [0.1, 0.15) is 11.7 Å². The first-order valence-corrected chi connectivity index (χ1v) is 5.43. The predicted molar refractivity (Wildman–Crippen MR) is 66.0 cm³/mol. The Balaban J connectivity index is 2.68. The largest absolute Gasteiger partial charge is 0.480 e. The minimum absolute atomic E-state index is 0.0412. The summed E-state index contributed by atoms with van der Waals surface area (Å²) in [6.45, 7) is 0. The summed E-state index contributed by atoms with van der Waals surface area (Å²) in [7, 11) is 0. The molecule has 2 amide bonds. The number of carboxylic acids is 1. The summed E-state index contributed by atoms with van der Waals surface area (Å²) in [6.07, 6.45) is 1.08. The summed E-state index contributed by atoms with van der Waals surface area (Å²) in [6, 6.07) is 1.65. The molecule has 0 aliphatic carbocycles. The second-order valence-corrected chi connectivity index (χ2v) is 3.85. The summed E-state index contributed by atoms with van der Waals surface area (Å²) in [4.78, 5) is 37.0. The third-order valence-corrected chi connectivity index (χ3v) is 2.30. The molecular weight excluding hydrogens is 252 g/mol. The van der Waals surface area contributed by atoms with Gasteiger partial charge in [0.2, 0.25) is 5.91 Å². The van der Waals surface area contributed by atoms with E-state index < -0.39 is 23.8 Å². The summed E-state index contributed by atoms with van der Waals surface area (Å²) in [5.41, 5.74) is 10.8. The van der Waals surface area contributed by atoms with Crippen molar-refractivity contribution in [2.45, 2.75) is 18.9 Å². The van der Waals surface area contributed by atoms with Gasteiger partial charge in [0.05, 0.1) is 11.9 Å². The average Bonchev–Trinajstić information content (AvgIpc) is 2.34. The Kier molecular flexibility index (Phi) is 4.81. The number of aromatic nitrogens is 1. The van der Waals surface area contributed by atoms with Crippen molar-refractivity contribution in [3.05, 3.63) is 24.0 Å². The van der Waals surface area contributed by atoms with Gasteiger partial charge in [-0.2, -0.15) is 0 Å². The van der Waals surface area contributed by atoms with Gasteiger partial charge in [-0.25, -0.2) is 9.78 Å².